The van der Waals surface area contributed by atoms with E-state index in [2.05, 4.69) is 21.2 Å². The maximum absolute atomic E-state index is 14.6. The molecule has 1 aliphatic carbocycles. The lowest BCUT2D eigenvalue weighted by Gasteiger charge is -2.49. The highest BCUT2D eigenvalue weighted by Crippen LogP contribution is 2.55. The summed E-state index contributed by atoms with van der Waals surface area (Å²) in [6, 6.07) is 4.92. The molecule has 1 heterocycles. The van der Waals surface area contributed by atoms with Crippen LogP contribution in [0.4, 0.5) is 9.18 Å². The van der Waals surface area contributed by atoms with Crippen molar-refractivity contribution in [2.45, 2.75) is 69.3 Å². The topological polar surface area (TPSA) is 50.7 Å². The van der Waals surface area contributed by atoms with Crippen LogP contribution in [0.3, 0.4) is 0 Å². The van der Waals surface area contributed by atoms with E-state index in [1.165, 1.54) is 6.07 Å². The number of rotatable bonds is 1. The number of amides is 1. The third-order valence-corrected chi connectivity index (χ3v) is 6.57. The van der Waals surface area contributed by atoms with E-state index in [1.807, 2.05) is 27.7 Å². The summed E-state index contributed by atoms with van der Waals surface area (Å²) in [5.74, 6) is -0.280. The first kappa shape index (κ1) is 19.7. The quantitative estimate of drug-likeness (QED) is 0.602. The molecule has 7 heteroatoms. The molecule has 1 saturated carbocycles. The van der Waals surface area contributed by atoms with Gasteiger partial charge in [0.05, 0.1) is 5.54 Å². The average Bonchev–Trinajstić information content (AvgIpc) is 2.45. The normalized spacial score (nSPS) is 24.6. The van der Waals surface area contributed by atoms with Crippen LogP contribution < -0.4 is 5.32 Å². The van der Waals surface area contributed by atoms with Gasteiger partial charge in [-0.2, -0.15) is 0 Å². The highest BCUT2D eigenvalue weighted by Gasteiger charge is 2.49. The molecular weight excluding hydrogens is 419 g/mol. The standard InChI is InChI=1S/C19H24BrFN2O2S/c1-17(2,3)25-16(24)22-15-23-18(4,11-19(26-15)8-5-9-19)13-10-12(20)6-7-14(13)21/h6-7,10H,5,8-9,11H2,1-4H3,(H,22,23,24)/t18-/m1/s1. The van der Waals surface area contributed by atoms with Crippen LogP contribution in [0.15, 0.2) is 27.7 Å². The van der Waals surface area contributed by atoms with Gasteiger partial charge in [0, 0.05) is 14.8 Å². The zero-order chi connectivity index (χ0) is 19.2. The Morgan fingerprint density at radius 3 is 2.65 bits per heavy atom. The van der Waals surface area contributed by atoms with Gasteiger partial charge in [-0.25, -0.2) is 9.18 Å². The van der Waals surface area contributed by atoms with Crippen molar-refractivity contribution < 1.29 is 13.9 Å². The molecule has 26 heavy (non-hydrogen) atoms. The molecule has 1 spiro atoms. The Labute approximate surface area is 166 Å². The second-order valence-electron chi connectivity index (χ2n) is 8.26. The highest BCUT2D eigenvalue weighted by atomic mass is 79.9. The van der Waals surface area contributed by atoms with Crippen molar-refractivity contribution in [1.82, 2.24) is 5.32 Å². The summed E-state index contributed by atoms with van der Waals surface area (Å²) >= 11 is 5.01. The molecule has 0 unspecified atom stereocenters. The maximum atomic E-state index is 14.6. The molecule has 0 saturated heterocycles. The van der Waals surface area contributed by atoms with Gasteiger partial charge in [0.25, 0.3) is 0 Å². The fraction of sp³-hybridized carbons (Fsp3) is 0.579. The number of ether oxygens (including phenoxy) is 1. The molecule has 142 valence electrons. The van der Waals surface area contributed by atoms with Gasteiger partial charge < -0.3 is 4.74 Å². The van der Waals surface area contributed by atoms with Crippen molar-refractivity contribution in [3.8, 4) is 0 Å². The largest absolute Gasteiger partial charge is 0.444 e. The zero-order valence-corrected chi connectivity index (χ0v) is 17.9. The third kappa shape index (κ3) is 4.25. The van der Waals surface area contributed by atoms with Crippen LogP contribution in [0.5, 0.6) is 0 Å². The fourth-order valence-electron chi connectivity index (χ4n) is 3.51. The Bertz CT molecular complexity index is 758. The number of nitrogens with one attached hydrogen (secondary N) is 1. The van der Waals surface area contributed by atoms with Crippen molar-refractivity contribution in [3.63, 3.8) is 0 Å². The van der Waals surface area contributed by atoms with E-state index in [9.17, 15) is 9.18 Å². The van der Waals surface area contributed by atoms with E-state index in [0.29, 0.717) is 10.7 Å². The zero-order valence-electron chi connectivity index (χ0n) is 15.5. The first-order valence-electron chi connectivity index (χ1n) is 8.75. The van der Waals surface area contributed by atoms with Crippen LogP contribution in [0, 0.1) is 5.82 Å². The Balaban J connectivity index is 1.93. The van der Waals surface area contributed by atoms with Crippen molar-refractivity contribution in [3.05, 3.63) is 34.1 Å². The molecule has 1 fully saturated rings. The van der Waals surface area contributed by atoms with Crippen LogP contribution in [-0.4, -0.2) is 21.6 Å². The highest BCUT2D eigenvalue weighted by molar-refractivity contribution is 9.10. The van der Waals surface area contributed by atoms with Crippen LogP contribution >= 0.6 is 27.7 Å². The molecule has 3 rings (SSSR count). The summed E-state index contributed by atoms with van der Waals surface area (Å²) in [5.41, 5.74) is -0.774. The third-order valence-electron chi connectivity index (χ3n) is 4.71. The van der Waals surface area contributed by atoms with Crippen molar-refractivity contribution in [2.24, 2.45) is 4.99 Å². The molecule has 1 aromatic carbocycles. The molecule has 0 radical (unpaired) electrons. The number of alkyl carbamates (subject to hydrolysis) is 1. The second-order valence-corrected chi connectivity index (χ2v) is 10.6. The van der Waals surface area contributed by atoms with Gasteiger partial charge in [0.2, 0.25) is 0 Å². The number of halogens is 2. The minimum atomic E-state index is -0.732. The molecule has 1 atom stereocenters. The van der Waals surface area contributed by atoms with Gasteiger partial charge in [-0.15, -0.1) is 0 Å². The second kappa shape index (κ2) is 6.82. The number of aliphatic imine (C=N–C) groups is 1. The summed E-state index contributed by atoms with van der Waals surface area (Å²) in [6.07, 6.45) is 3.44. The Hall–Kier alpha value is -1.08. The van der Waals surface area contributed by atoms with Crippen molar-refractivity contribution >= 4 is 39.0 Å². The number of carbonyl (C=O) groups excluding carboxylic acids is 1. The van der Waals surface area contributed by atoms with Crippen LogP contribution in [0.2, 0.25) is 0 Å². The predicted molar refractivity (Wildman–Crippen MR) is 107 cm³/mol. The monoisotopic (exact) mass is 442 g/mol. The molecule has 4 nitrogen and oxygen atoms in total. The van der Waals surface area contributed by atoms with Gasteiger partial charge in [-0.1, -0.05) is 34.1 Å². The molecule has 1 aliphatic heterocycles. The Morgan fingerprint density at radius 2 is 2.08 bits per heavy atom. The van der Waals surface area contributed by atoms with E-state index in [0.717, 1.165) is 30.2 Å². The van der Waals surface area contributed by atoms with E-state index < -0.39 is 17.2 Å². The summed E-state index contributed by atoms with van der Waals surface area (Å²) < 4.78 is 20.7. The number of nitrogens with zero attached hydrogens (tertiary/aromatic N) is 1. The number of benzene rings is 1. The molecule has 2 aliphatic rings. The summed E-state index contributed by atoms with van der Waals surface area (Å²) in [5, 5.41) is 3.28. The van der Waals surface area contributed by atoms with Crippen LogP contribution in [-0.2, 0) is 10.3 Å². The number of thioether (sulfide) groups is 1. The fourth-order valence-corrected chi connectivity index (χ4v) is 5.51. The van der Waals surface area contributed by atoms with E-state index in [-0.39, 0.29) is 10.6 Å². The van der Waals surface area contributed by atoms with Crippen LogP contribution in [0.1, 0.15) is 58.9 Å². The lowest BCUT2D eigenvalue weighted by molar-refractivity contribution is 0.0564. The number of hydrogen-bond donors (Lipinski definition) is 1. The predicted octanol–water partition coefficient (Wildman–Crippen LogP) is 5.74. The van der Waals surface area contributed by atoms with Crippen molar-refractivity contribution in [1.29, 1.82) is 0 Å². The summed E-state index contributed by atoms with van der Waals surface area (Å²) in [6.45, 7) is 7.39. The molecule has 0 aromatic heterocycles. The van der Waals surface area contributed by atoms with Gasteiger partial charge in [-0.05, 0) is 65.2 Å². The minimum Gasteiger partial charge on any atom is -0.444 e. The number of amidine groups is 1. The number of hydrogen-bond acceptors (Lipinski definition) is 4. The minimum absolute atomic E-state index is 0.00436. The van der Waals surface area contributed by atoms with Gasteiger partial charge >= 0.3 is 6.09 Å². The number of carbonyl (C=O) groups is 1. The Morgan fingerprint density at radius 1 is 1.38 bits per heavy atom. The molecule has 1 N–H and O–H groups in total. The molecule has 1 aromatic rings. The lowest BCUT2D eigenvalue weighted by atomic mass is 9.73. The SMILES string of the molecule is CC(C)(C)OC(=O)NC1=N[C@@](C)(c2cc(Br)ccc2F)CC2(CCC2)S1. The van der Waals surface area contributed by atoms with E-state index >= 15 is 0 Å². The van der Waals surface area contributed by atoms with Gasteiger partial charge in [0.15, 0.2) is 5.17 Å². The van der Waals surface area contributed by atoms with E-state index in [1.54, 1.807) is 23.9 Å². The average molecular weight is 443 g/mol. The van der Waals surface area contributed by atoms with Gasteiger partial charge in [-0.3, -0.25) is 10.3 Å². The smallest absolute Gasteiger partial charge is 0.413 e. The van der Waals surface area contributed by atoms with Crippen LogP contribution in [0.25, 0.3) is 0 Å². The first-order valence-corrected chi connectivity index (χ1v) is 10.4. The van der Waals surface area contributed by atoms with E-state index in [4.69, 9.17) is 9.73 Å². The molecular formula is C19H24BrFN2O2S. The molecule has 1 amide bonds. The summed E-state index contributed by atoms with van der Waals surface area (Å²) in [7, 11) is 0. The first-order chi connectivity index (χ1) is 12.0. The maximum Gasteiger partial charge on any atom is 0.413 e. The lowest BCUT2D eigenvalue weighted by Crippen LogP contribution is -2.48. The summed E-state index contributed by atoms with van der Waals surface area (Å²) in [4.78, 5) is 16.9. The van der Waals surface area contributed by atoms with Crippen molar-refractivity contribution in [2.75, 3.05) is 0 Å². The Kier molecular flexibility index (Phi) is 5.16. The van der Waals surface area contributed by atoms with Gasteiger partial charge in [0.1, 0.15) is 11.4 Å². The molecule has 0 bridgehead atoms.